The molecule has 14 heavy (non-hydrogen) atoms. The van der Waals surface area contributed by atoms with Crippen molar-refractivity contribution in [2.45, 2.75) is 3.79 Å². The molecule has 1 aromatic heterocycles. The zero-order chi connectivity index (χ0) is 10.9. The number of carboxylic acid groups (broad SMARTS) is 1. The first kappa shape index (κ1) is 11.3. The van der Waals surface area contributed by atoms with E-state index in [-0.39, 0.29) is 5.82 Å². The Bertz CT molecular complexity index is 423. The summed E-state index contributed by atoms with van der Waals surface area (Å²) in [5.74, 6) is -1.70. The number of carbonyl (C=O) groups is 1. The number of aromatic amines is 1. The second kappa shape index (κ2) is 3.76. The average Bonchev–Trinajstić information content (AvgIpc) is 2.01. The molecule has 0 saturated heterocycles. The highest BCUT2D eigenvalue weighted by Gasteiger charge is 2.27. The number of halogens is 3. The number of aromatic nitrogens is 2. The molecule has 5 nitrogen and oxygen atoms in total. The lowest BCUT2D eigenvalue weighted by Crippen LogP contribution is -2.19. The monoisotopic (exact) mass is 256 g/mol. The van der Waals surface area contributed by atoms with E-state index < -0.39 is 21.0 Å². The van der Waals surface area contributed by atoms with Crippen molar-refractivity contribution in [2.75, 3.05) is 0 Å². The average molecular weight is 257 g/mol. The Hall–Kier alpha value is -0.780. The van der Waals surface area contributed by atoms with Crippen LogP contribution < -0.4 is 5.56 Å². The Morgan fingerprint density at radius 3 is 2.50 bits per heavy atom. The molecular weight excluding hydrogens is 254 g/mol. The largest absolute Gasteiger partial charge is 0.477 e. The van der Waals surface area contributed by atoms with Gasteiger partial charge in [-0.1, -0.05) is 34.8 Å². The number of hydrogen-bond acceptors (Lipinski definition) is 3. The Morgan fingerprint density at radius 2 is 2.07 bits per heavy atom. The summed E-state index contributed by atoms with van der Waals surface area (Å²) in [6, 6.07) is 0.794. The van der Waals surface area contributed by atoms with Gasteiger partial charge < -0.3 is 10.1 Å². The number of rotatable bonds is 1. The van der Waals surface area contributed by atoms with Crippen molar-refractivity contribution in [3.63, 3.8) is 0 Å². The van der Waals surface area contributed by atoms with Gasteiger partial charge in [0.1, 0.15) is 0 Å². The summed E-state index contributed by atoms with van der Waals surface area (Å²) in [5, 5.41) is 8.55. The summed E-state index contributed by atoms with van der Waals surface area (Å²) < 4.78 is -1.95. The van der Waals surface area contributed by atoms with Crippen molar-refractivity contribution in [3.05, 3.63) is 27.9 Å². The number of alkyl halides is 3. The highest BCUT2D eigenvalue weighted by molar-refractivity contribution is 6.66. The second-order valence-corrected chi connectivity index (χ2v) is 4.56. The fourth-order valence-electron chi connectivity index (χ4n) is 0.701. The van der Waals surface area contributed by atoms with Gasteiger partial charge in [0.05, 0.1) is 0 Å². The molecule has 1 rings (SSSR count). The summed E-state index contributed by atoms with van der Waals surface area (Å²) in [6.07, 6.45) is 0. The number of aromatic carboxylic acids is 1. The van der Waals surface area contributed by atoms with Crippen LogP contribution in [0, 0.1) is 0 Å². The molecule has 0 aliphatic carbocycles. The van der Waals surface area contributed by atoms with E-state index in [4.69, 9.17) is 39.9 Å². The maximum Gasteiger partial charge on any atom is 0.354 e. The van der Waals surface area contributed by atoms with Gasteiger partial charge in [-0.3, -0.25) is 4.79 Å². The molecule has 2 N–H and O–H groups in total. The van der Waals surface area contributed by atoms with Gasteiger partial charge in [-0.15, -0.1) is 0 Å². The highest BCUT2D eigenvalue weighted by Crippen LogP contribution is 2.35. The van der Waals surface area contributed by atoms with Gasteiger partial charge in [-0.05, 0) is 0 Å². The van der Waals surface area contributed by atoms with Crippen LogP contribution in [0.15, 0.2) is 10.9 Å². The normalized spacial score (nSPS) is 11.4. The minimum Gasteiger partial charge on any atom is -0.477 e. The predicted molar refractivity (Wildman–Crippen MR) is 51.1 cm³/mol. The Balaban J connectivity index is 3.35. The van der Waals surface area contributed by atoms with Crippen LogP contribution >= 0.6 is 34.8 Å². The fourth-order valence-corrected chi connectivity index (χ4v) is 0.970. The molecule has 0 aromatic carbocycles. The Kier molecular flexibility index (Phi) is 3.04. The van der Waals surface area contributed by atoms with E-state index in [1.807, 2.05) is 0 Å². The first-order valence-corrected chi connectivity index (χ1v) is 4.36. The van der Waals surface area contributed by atoms with Gasteiger partial charge in [0.15, 0.2) is 11.5 Å². The van der Waals surface area contributed by atoms with Gasteiger partial charge >= 0.3 is 5.97 Å². The lowest BCUT2D eigenvalue weighted by Gasteiger charge is -2.09. The molecule has 8 heteroatoms. The minimum absolute atomic E-state index is 0.326. The van der Waals surface area contributed by atoms with E-state index >= 15 is 0 Å². The third-order valence-electron chi connectivity index (χ3n) is 1.23. The molecule has 0 bridgehead atoms. The zero-order valence-electron chi connectivity index (χ0n) is 6.42. The molecule has 0 atom stereocenters. The van der Waals surface area contributed by atoms with E-state index in [2.05, 4.69) is 9.97 Å². The Labute approximate surface area is 92.6 Å². The molecule has 76 valence electrons. The van der Waals surface area contributed by atoms with Crippen molar-refractivity contribution in [3.8, 4) is 0 Å². The zero-order valence-corrected chi connectivity index (χ0v) is 8.69. The maximum absolute atomic E-state index is 10.9. The van der Waals surface area contributed by atoms with Gasteiger partial charge in [-0.2, -0.15) is 0 Å². The molecular formula is C6H3Cl3N2O3. The van der Waals surface area contributed by atoms with Crippen molar-refractivity contribution in [2.24, 2.45) is 0 Å². The number of H-pyrrole nitrogens is 1. The van der Waals surface area contributed by atoms with Gasteiger partial charge in [0.25, 0.3) is 5.56 Å². The molecule has 0 amide bonds. The van der Waals surface area contributed by atoms with Gasteiger partial charge in [-0.25, -0.2) is 9.78 Å². The van der Waals surface area contributed by atoms with E-state index in [1.165, 1.54) is 0 Å². The van der Waals surface area contributed by atoms with E-state index in [9.17, 15) is 9.59 Å². The third kappa shape index (κ3) is 2.60. The smallest absolute Gasteiger partial charge is 0.354 e. The van der Waals surface area contributed by atoms with Gasteiger partial charge in [0.2, 0.25) is 3.79 Å². The number of hydrogen-bond donors (Lipinski definition) is 2. The van der Waals surface area contributed by atoms with Crippen LogP contribution in [0.3, 0.4) is 0 Å². The fraction of sp³-hybridized carbons (Fsp3) is 0.167. The quantitative estimate of drug-likeness (QED) is 0.743. The van der Waals surface area contributed by atoms with Crippen LogP contribution in [-0.2, 0) is 3.79 Å². The van der Waals surface area contributed by atoms with Crippen molar-refractivity contribution < 1.29 is 9.90 Å². The van der Waals surface area contributed by atoms with Crippen LogP contribution in [0.4, 0.5) is 0 Å². The molecule has 0 fully saturated rings. The van der Waals surface area contributed by atoms with E-state index in [1.54, 1.807) is 0 Å². The minimum atomic E-state index is -1.95. The molecule has 1 aromatic rings. The first-order chi connectivity index (χ1) is 6.30. The standard InChI is InChI=1S/C6H3Cl3N2O3/c7-6(8,9)5-10-2(4(13)14)1-3(12)11-5/h1H,(H,13,14)(H,10,11,12). The van der Waals surface area contributed by atoms with Crippen LogP contribution in [0.1, 0.15) is 16.3 Å². The summed E-state index contributed by atoms with van der Waals surface area (Å²) >= 11 is 16.2. The summed E-state index contributed by atoms with van der Waals surface area (Å²) in [4.78, 5) is 27.0. The number of nitrogens with zero attached hydrogens (tertiary/aromatic N) is 1. The molecule has 0 unspecified atom stereocenters. The summed E-state index contributed by atoms with van der Waals surface area (Å²) in [5.41, 5.74) is -1.17. The van der Waals surface area contributed by atoms with Crippen molar-refractivity contribution in [1.29, 1.82) is 0 Å². The molecule has 1 heterocycles. The molecule has 0 spiro atoms. The predicted octanol–water partition coefficient (Wildman–Crippen LogP) is 1.29. The summed E-state index contributed by atoms with van der Waals surface area (Å²) in [6.45, 7) is 0. The Morgan fingerprint density at radius 1 is 1.50 bits per heavy atom. The third-order valence-corrected chi connectivity index (χ3v) is 1.77. The molecule has 0 saturated carbocycles. The van der Waals surface area contributed by atoms with Crippen molar-refractivity contribution in [1.82, 2.24) is 9.97 Å². The topological polar surface area (TPSA) is 83.0 Å². The van der Waals surface area contributed by atoms with Gasteiger partial charge in [0, 0.05) is 6.07 Å². The van der Waals surface area contributed by atoms with Crippen LogP contribution in [-0.4, -0.2) is 21.0 Å². The van der Waals surface area contributed by atoms with E-state index in [0.29, 0.717) is 0 Å². The maximum atomic E-state index is 10.9. The second-order valence-electron chi connectivity index (χ2n) is 2.28. The number of carboxylic acids is 1. The van der Waals surface area contributed by atoms with Crippen LogP contribution in [0.2, 0.25) is 0 Å². The lowest BCUT2D eigenvalue weighted by atomic mass is 10.4. The van der Waals surface area contributed by atoms with E-state index in [0.717, 1.165) is 6.07 Å². The van der Waals surface area contributed by atoms with Crippen molar-refractivity contribution >= 4 is 40.8 Å². The molecule has 0 aliphatic heterocycles. The van der Waals surface area contributed by atoms with Crippen LogP contribution in [0.5, 0.6) is 0 Å². The highest BCUT2D eigenvalue weighted by atomic mass is 35.6. The first-order valence-electron chi connectivity index (χ1n) is 3.22. The molecule has 0 aliphatic rings. The summed E-state index contributed by atoms with van der Waals surface area (Å²) in [7, 11) is 0. The lowest BCUT2D eigenvalue weighted by molar-refractivity contribution is 0.0689. The number of nitrogens with one attached hydrogen (secondary N) is 1. The SMILES string of the molecule is O=C(O)c1cc(=O)[nH]c(C(Cl)(Cl)Cl)n1. The van der Waals surface area contributed by atoms with Crippen LogP contribution in [0.25, 0.3) is 0 Å². The molecule has 0 radical (unpaired) electrons.